The molecule has 1 aromatic carbocycles. The molecule has 0 radical (unpaired) electrons. The monoisotopic (exact) mass is 557 g/mol. The molecule has 38 heavy (non-hydrogen) atoms. The van der Waals surface area contributed by atoms with E-state index < -0.39 is 0 Å². The summed E-state index contributed by atoms with van der Waals surface area (Å²) in [6.07, 6.45) is 7.20. The van der Waals surface area contributed by atoms with Gasteiger partial charge in [-0.25, -0.2) is 4.39 Å². The van der Waals surface area contributed by atoms with Gasteiger partial charge in [-0.2, -0.15) is 16.6 Å². The van der Waals surface area contributed by atoms with Crippen LogP contribution in [0.3, 0.4) is 0 Å². The van der Waals surface area contributed by atoms with Crippen molar-refractivity contribution in [3.8, 4) is 6.07 Å². The zero-order valence-electron chi connectivity index (χ0n) is 22.8. The lowest BCUT2D eigenvalue weighted by Gasteiger charge is -2.40. The van der Waals surface area contributed by atoms with Gasteiger partial charge in [-0.15, -0.1) is 0 Å². The Morgan fingerprint density at radius 3 is 2.53 bits per heavy atom. The second-order valence-corrected chi connectivity index (χ2v) is 13.2. The van der Waals surface area contributed by atoms with E-state index in [4.69, 9.17) is 16.3 Å². The average Bonchev–Trinajstić information content (AvgIpc) is 3.62. The summed E-state index contributed by atoms with van der Waals surface area (Å²) in [6, 6.07) is 9.57. The average molecular weight is 558 g/mol. The Hall–Kier alpha value is -1.49. The van der Waals surface area contributed by atoms with Crippen LogP contribution >= 0.6 is 22.9 Å². The first kappa shape index (κ1) is 28.1. The van der Waals surface area contributed by atoms with Gasteiger partial charge in [0.2, 0.25) is 0 Å². The Bertz CT molecular complexity index is 1100. The van der Waals surface area contributed by atoms with E-state index in [0.29, 0.717) is 16.9 Å². The lowest BCUT2D eigenvalue weighted by molar-refractivity contribution is -0.0677. The minimum Gasteiger partial charge on any atom is -0.356 e. The molecular weight excluding hydrogens is 517 g/mol. The van der Waals surface area contributed by atoms with Crippen LogP contribution in [0.15, 0.2) is 35.0 Å². The third-order valence-electron chi connectivity index (χ3n) is 9.37. The molecule has 4 nitrogen and oxygen atoms in total. The van der Waals surface area contributed by atoms with Crippen LogP contribution in [-0.2, 0) is 11.3 Å². The summed E-state index contributed by atoms with van der Waals surface area (Å²) in [5.41, 5.74) is 2.32. The molecule has 1 aromatic heterocycles. The highest BCUT2D eigenvalue weighted by Crippen LogP contribution is 2.53. The Morgan fingerprint density at radius 1 is 1.13 bits per heavy atom. The number of likely N-dealkylation sites (tertiary alicyclic amines) is 2. The molecule has 0 bridgehead atoms. The fourth-order valence-corrected chi connectivity index (χ4v) is 8.62. The topological polar surface area (TPSA) is 39.5 Å². The SMILES string of the molecule is CCCC1(CCC)CC2(CCN(C[C@H]3CN(Cc4ccc(F)cc4Cl)C[C@@H]3c3ccsc3)CC2)OC1C#N. The third kappa shape index (κ3) is 5.83. The maximum atomic E-state index is 13.6. The van der Waals surface area contributed by atoms with Crippen LogP contribution in [0.4, 0.5) is 4.39 Å². The fraction of sp³-hybridized carbons (Fsp3) is 0.645. The number of halogens is 2. The van der Waals surface area contributed by atoms with E-state index in [9.17, 15) is 9.65 Å². The molecule has 3 aliphatic heterocycles. The largest absolute Gasteiger partial charge is 0.356 e. The van der Waals surface area contributed by atoms with E-state index in [1.54, 1.807) is 11.3 Å². The van der Waals surface area contributed by atoms with E-state index in [1.165, 1.54) is 17.7 Å². The first-order chi connectivity index (χ1) is 18.4. The molecule has 3 fully saturated rings. The zero-order valence-corrected chi connectivity index (χ0v) is 24.4. The molecule has 0 saturated carbocycles. The predicted molar refractivity (Wildman–Crippen MR) is 153 cm³/mol. The minimum atomic E-state index is -0.286. The van der Waals surface area contributed by atoms with E-state index >= 15 is 0 Å². The molecule has 2 aromatic rings. The number of ether oxygens (including phenoxy) is 1. The summed E-state index contributed by atoms with van der Waals surface area (Å²) >= 11 is 8.14. The van der Waals surface area contributed by atoms with Crippen molar-refractivity contribution >= 4 is 22.9 Å². The van der Waals surface area contributed by atoms with Gasteiger partial charge in [0.05, 0.1) is 11.7 Å². The van der Waals surface area contributed by atoms with Gasteiger partial charge in [0.1, 0.15) is 11.9 Å². The number of hydrogen-bond acceptors (Lipinski definition) is 5. The molecule has 206 valence electrons. The molecule has 3 atom stereocenters. The van der Waals surface area contributed by atoms with Crippen LogP contribution < -0.4 is 0 Å². The van der Waals surface area contributed by atoms with Crippen LogP contribution in [0, 0.1) is 28.5 Å². The molecule has 7 heteroatoms. The molecule has 3 saturated heterocycles. The van der Waals surface area contributed by atoms with Crippen molar-refractivity contribution in [2.24, 2.45) is 11.3 Å². The molecule has 1 unspecified atom stereocenters. The molecular formula is C31H41ClFN3OS. The second kappa shape index (κ2) is 11.9. The number of hydrogen-bond donors (Lipinski definition) is 0. The molecule has 3 aliphatic rings. The smallest absolute Gasteiger partial charge is 0.150 e. The van der Waals surface area contributed by atoms with Gasteiger partial charge in [0.25, 0.3) is 0 Å². The van der Waals surface area contributed by atoms with Gasteiger partial charge in [0.15, 0.2) is 0 Å². The van der Waals surface area contributed by atoms with Crippen molar-refractivity contribution in [3.05, 3.63) is 57.0 Å². The first-order valence-corrected chi connectivity index (χ1v) is 15.7. The van der Waals surface area contributed by atoms with Crippen molar-refractivity contribution < 1.29 is 9.13 Å². The van der Waals surface area contributed by atoms with Crippen LogP contribution in [0.1, 0.15) is 75.8 Å². The van der Waals surface area contributed by atoms with Gasteiger partial charge in [-0.3, -0.25) is 4.90 Å². The van der Waals surface area contributed by atoms with Crippen LogP contribution in [0.5, 0.6) is 0 Å². The first-order valence-electron chi connectivity index (χ1n) is 14.4. The molecule has 0 amide bonds. The molecule has 1 spiro atoms. The standard InChI is InChI=1S/C31H41ClFN3OS/c1-3-8-30(9-4-2)22-31(37-29(30)16-34)10-12-35(13-11-31)18-25-19-36(20-27(25)24-7-14-38-21-24)17-23-5-6-26(33)15-28(23)32/h5-7,14-15,21,25,27,29H,3-4,8-13,17-20,22H2,1-2H3/t25-,27+,29?/m0/s1. The summed E-state index contributed by atoms with van der Waals surface area (Å²) in [4.78, 5) is 5.12. The van der Waals surface area contributed by atoms with Gasteiger partial charge in [0, 0.05) is 55.6 Å². The van der Waals surface area contributed by atoms with E-state index in [2.05, 4.69) is 46.5 Å². The molecule has 5 rings (SSSR count). The quantitative estimate of drug-likeness (QED) is 0.320. The van der Waals surface area contributed by atoms with Gasteiger partial charge < -0.3 is 9.64 Å². The van der Waals surface area contributed by atoms with E-state index in [-0.39, 0.29) is 22.9 Å². The summed E-state index contributed by atoms with van der Waals surface area (Å²) in [6.45, 7) is 10.4. The maximum Gasteiger partial charge on any atom is 0.150 e. The molecule has 4 heterocycles. The fourth-order valence-electron chi connectivity index (χ4n) is 7.67. The van der Waals surface area contributed by atoms with Crippen molar-refractivity contribution in [1.82, 2.24) is 9.80 Å². The number of rotatable bonds is 9. The van der Waals surface area contributed by atoms with E-state index in [1.807, 2.05) is 6.07 Å². The third-order valence-corrected chi connectivity index (χ3v) is 10.4. The van der Waals surface area contributed by atoms with E-state index in [0.717, 1.165) is 89.8 Å². The van der Waals surface area contributed by atoms with Crippen molar-refractivity contribution in [2.45, 2.75) is 83.0 Å². The van der Waals surface area contributed by atoms with Crippen molar-refractivity contribution in [3.63, 3.8) is 0 Å². The highest BCUT2D eigenvalue weighted by Gasteiger charge is 2.55. The number of thiophene rings is 1. The summed E-state index contributed by atoms with van der Waals surface area (Å²) < 4.78 is 20.2. The zero-order chi connectivity index (χ0) is 26.8. The van der Waals surface area contributed by atoms with Gasteiger partial charge in [-0.05, 0) is 78.1 Å². The maximum absolute atomic E-state index is 13.6. The highest BCUT2D eigenvalue weighted by atomic mass is 35.5. The Labute approximate surface area is 236 Å². The van der Waals surface area contributed by atoms with Gasteiger partial charge in [-0.1, -0.05) is 44.4 Å². The van der Waals surface area contributed by atoms with Gasteiger partial charge >= 0.3 is 0 Å². The normalized spacial score (nSPS) is 27.2. The molecule has 0 N–H and O–H groups in total. The number of benzene rings is 1. The summed E-state index contributed by atoms with van der Waals surface area (Å²) in [7, 11) is 0. The van der Waals surface area contributed by atoms with Crippen molar-refractivity contribution in [1.29, 1.82) is 5.26 Å². The van der Waals surface area contributed by atoms with Crippen molar-refractivity contribution in [2.75, 3.05) is 32.7 Å². The number of nitrogens with zero attached hydrogens (tertiary/aromatic N) is 3. The lowest BCUT2D eigenvalue weighted by atomic mass is 9.69. The van der Waals surface area contributed by atoms with Crippen LogP contribution in [0.25, 0.3) is 0 Å². The number of nitriles is 1. The van der Waals surface area contributed by atoms with Crippen LogP contribution in [0.2, 0.25) is 5.02 Å². The lowest BCUT2D eigenvalue weighted by Crippen LogP contribution is -2.46. The number of piperidine rings is 1. The Morgan fingerprint density at radius 2 is 1.89 bits per heavy atom. The highest BCUT2D eigenvalue weighted by molar-refractivity contribution is 7.08. The second-order valence-electron chi connectivity index (χ2n) is 12.0. The summed E-state index contributed by atoms with van der Waals surface area (Å²) in [5, 5.41) is 15.0. The van der Waals surface area contributed by atoms with Crippen LogP contribution in [-0.4, -0.2) is 54.2 Å². The Kier molecular flexibility index (Phi) is 8.82. The predicted octanol–water partition coefficient (Wildman–Crippen LogP) is 7.49. The minimum absolute atomic E-state index is 0.0258. The summed E-state index contributed by atoms with van der Waals surface area (Å²) in [5.74, 6) is 0.739. The molecule has 0 aliphatic carbocycles. The Balaban J connectivity index is 1.24.